The van der Waals surface area contributed by atoms with E-state index >= 15 is 0 Å². The minimum absolute atomic E-state index is 0.0495. The van der Waals surface area contributed by atoms with Crippen LogP contribution in [0.4, 0.5) is 0 Å². The molecule has 5 heteroatoms. The zero-order valence-corrected chi connectivity index (χ0v) is 10.7. The third-order valence-electron chi connectivity index (χ3n) is 2.35. The van der Waals surface area contributed by atoms with Gasteiger partial charge >= 0.3 is 5.97 Å². The van der Waals surface area contributed by atoms with Crippen LogP contribution in [0.2, 0.25) is 0 Å². The smallest absolute Gasteiger partial charge is 0.305 e. The number of methoxy groups -OCH3 is 1. The average Bonchev–Trinajstić information content (AvgIpc) is 2.29. The molecule has 0 fully saturated rings. The molecule has 0 spiro atoms. The number of carbonyl (C=O) groups excluding carboxylic acids is 1. The summed E-state index contributed by atoms with van der Waals surface area (Å²) < 4.78 is 28.4. The van der Waals surface area contributed by atoms with Gasteiger partial charge in [0, 0.05) is 6.42 Å². The normalized spacial score (nSPS) is 13.1. The van der Waals surface area contributed by atoms with Crippen LogP contribution in [0.25, 0.3) is 0 Å². The zero-order valence-electron chi connectivity index (χ0n) is 9.92. The predicted octanol–water partition coefficient (Wildman–Crippen LogP) is 1.66. The molecule has 0 aliphatic carbocycles. The first kappa shape index (κ1) is 13.7. The lowest BCUT2D eigenvalue weighted by Crippen LogP contribution is -2.17. The molecule has 0 saturated heterocycles. The van der Waals surface area contributed by atoms with Gasteiger partial charge in [-0.15, -0.1) is 0 Å². The maximum Gasteiger partial charge on any atom is 0.305 e. The third kappa shape index (κ3) is 4.19. The van der Waals surface area contributed by atoms with Gasteiger partial charge in [0.15, 0.2) is 9.84 Å². The van der Waals surface area contributed by atoms with Crippen LogP contribution in [0.1, 0.15) is 13.3 Å². The highest BCUT2D eigenvalue weighted by molar-refractivity contribution is 7.91. The summed E-state index contributed by atoms with van der Waals surface area (Å²) in [7, 11) is -2.03. The molecule has 1 rings (SSSR count). The average molecular weight is 256 g/mol. The van der Waals surface area contributed by atoms with Crippen LogP contribution in [0.15, 0.2) is 35.2 Å². The minimum atomic E-state index is -3.32. The topological polar surface area (TPSA) is 60.4 Å². The van der Waals surface area contributed by atoms with Gasteiger partial charge in [-0.1, -0.05) is 25.1 Å². The fourth-order valence-corrected chi connectivity index (χ4v) is 3.16. The maximum atomic E-state index is 12.0. The molecular formula is C12H16O4S. The second-order valence-corrected chi connectivity index (χ2v) is 6.01. The molecule has 94 valence electrons. The van der Waals surface area contributed by atoms with Crippen molar-refractivity contribution < 1.29 is 17.9 Å². The van der Waals surface area contributed by atoms with E-state index in [0.29, 0.717) is 0 Å². The molecule has 0 heterocycles. The molecule has 0 radical (unpaired) electrons. The number of hydrogen-bond acceptors (Lipinski definition) is 4. The van der Waals surface area contributed by atoms with Gasteiger partial charge < -0.3 is 4.74 Å². The predicted molar refractivity (Wildman–Crippen MR) is 64.3 cm³/mol. The fraction of sp³-hybridized carbons (Fsp3) is 0.417. The molecule has 17 heavy (non-hydrogen) atoms. The number of esters is 1. The van der Waals surface area contributed by atoms with Crippen LogP contribution < -0.4 is 0 Å². The monoisotopic (exact) mass is 256 g/mol. The lowest BCUT2D eigenvalue weighted by molar-refractivity contribution is -0.141. The molecule has 0 N–H and O–H groups in total. The molecular weight excluding hydrogens is 240 g/mol. The van der Waals surface area contributed by atoms with E-state index in [1.165, 1.54) is 7.11 Å². The Labute approximate surface area is 102 Å². The van der Waals surface area contributed by atoms with E-state index in [9.17, 15) is 13.2 Å². The van der Waals surface area contributed by atoms with E-state index in [0.717, 1.165) is 0 Å². The first-order chi connectivity index (χ1) is 7.95. The van der Waals surface area contributed by atoms with Crippen LogP contribution >= 0.6 is 0 Å². The Morgan fingerprint density at radius 3 is 2.41 bits per heavy atom. The van der Waals surface area contributed by atoms with Crippen molar-refractivity contribution in [3.05, 3.63) is 30.3 Å². The fourth-order valence-electron chi connectivity index (χ4n) is 1.53. The van der Waals surface area contributed by atoms with Crippen molar-refractivity contribution in [2.24, 2.45) is 5.92 Å². The Kier molecular flexibility index (Phi) is 4.69. The molecule has 0 aliphatic heterocycles. The van der Waals surface area contributed by atoms with Crippen molar-refractivity contribution in [1.82, 2.24) is 0 Å². The second-order valence-electron chi connectivity index (χ2n) is 3.98. The molecule has 0 aromatic heterocycles. The van der Waals surface area contributed by atoms with E-state index in [4.69, 9.17) is 0 Å². The van der Waals surface area contributed by atoms with Crippen molar-refractivity contribution in [3.63, 3.8) is 0 Å². The van der Waals surface area contributed by atoms with Crippen molar-refractivity contribution in [3.8, 4) is 0 Å². The van der Waals surface area contributed by atoms with Crippen molar-refractivity contribution >= 4 is 15.8 Å². The first-order valence-corrected chi connectivity index (χ1v) is 6.95. The Morgan fingerprint density at radius 2 is 1.88 bits per heavy atom. The van der Waals surface area contributed by atoms with Gasteiger partial charge in [-0.25, -0.2) is 8.42 Å². The number of sulfone groups is 1. The number of ether oxygens (including phenoxy) is 1. The Morgan fingerprint density at radius 1 is 1.29 bits per heavy atom. The zero-order chi connectivity index (χ0) is 12.9. The van der Waals surface area contributed by atoms with Crippen LogP contribution in [0, 0.1) is 5.92 Å². The molecule has 0 amide bonds. The van der Waals surface area contributed by atoms with Crippen LogP contribution in [0.3, 0.4) is 0 Å². The standard InChI is InChI=1S/C12H16O4S/c1-10(8-12(13)16-2)9-17(14,15)11-6-4-3-5-7-11/h3-7,10H,8-9H2,1-2H3/t10-/m0/s1. The lowest BCUT2D eigenvalue weighted by Gasteiger charge is -2.10. The highest BCUT2D eigenvalue weighted by Gasteiger charge is 2.20. The van der Waals surface area contributed by atoms with Gasteiger partial charge in [-0.2, -0.15) is 0 Å². The summed E-state index contributed by atoms with van der Waals surface area (Å²) in [4.78, 5) is 11.3. The van der Waals surface area contributed by atoms with E-state index < -0.39 is 9.84 Å². The van der Waals surface area contributed by atoms with Gasteiger partial charge in [0.1, 0.15) is 0 Å². The molecule has 1 atom stereocenters. The second kappa shape index (κ2) is 5.82. The largest absolute Gasteiger partial charge is 0.469 e. The Balaban J connectivity index is 2.71. The number of rotatable bonds is 5. The molecule has 0 aliphatic rings. The van der Waals surface area contributed by atoms with Crippen molar-refractivity contribution in [2.45, 2.75) is 18.2 Å². The lowest BCUT2D eigenvalue weighted by atomic mass is 10.1. The van der Waals surface area contributed by atoms with Gasteiger partial charge in [-0.3, -0.25) is 4.79 Å². The molecule has 1 aromatic carbocycles. The van der Waals surface area contributed by atoms with E-state index in [-0.39, 0.29) is 29.0 Å². The van der Waals surface area contributed by atoms with Gasteiger partial charge in [-0.05, 0) is 18.1 Å². The van der Waals surface area contributed by atoms with E-state index in [1.54, 1.807) is 37.3 Å². The maximum absolute atomic E-state index is 12.0. The number of benzene rings is 1. The molecule has 0 unspecified atom stereocenters. The summed E-state index contributed by atoms with van der Waals surface area (Å²) in [5.41, 5.74) is 0. The molecule has 4 nitrogen and oxygen atoms in total. The summed E-state index contributed by atoms with van der Waals surface area (Å²) in [5.74, 6) is -0.694. The van der Waals surface area contributed by atoms with Crippen molar-refractivity contribution in [2.75, 3.05) is 12.9 Å². The Hall–Kier alpha value is -1.36. The van der Waals surface area contributed by atoms with Crippen molar-refractivity contribution in [1.29, 1.82) is 0 Å². The summed E-state index contributed by atoms with van der Waals surface area (Å²) >= 11 is 0. The van der Waals surface area contributed by atoms with E-state index in [2.05, 4.69) is 4.74 Å². The van der Waals surface area contributed by atoms with Gasteiger partial charge in [0.05, 0.1) is 17.8 Å². The van der Waals surface area contributed by atoms with Gasteiger partial charge in [0.25, 0.3) is 0 Å². The quantitative estimate of drug-likeness (QED) is 0.752. The van der Waals surface area contributed by atoms with Crippen LogP contribution in [-0.2, 0) is 19.4 Å². The van der Waals surface area contributed by atoms with E-state index in [1.807, 2.05) is 0 Å². The first-order valence-electron chi connectivity index (χ1n) is 5.30. The highest BCUT2D eigenvalue weighted by atomic mass is 32.2. The summed E-state index contributed by atoms with van der Waals surface area (Å²) in [6, 6.07) is 8.23. The molecule has 0 saturated carbocycles. The number of carbonyl (C=O) groups is 1. The minimum Gasteiger partial charge on any atom is -0.469 e. The van der Waals surface area contributed by atoms with Crippen LogP contribution in [0.5, 0.6) is 0 Å². The summed E-state index contributed by atoms with van der Waals surface area (Å²) in [5, 5.41) is 0. The SMILES string of the molecule is COC(=O)C[C@H](C)CS(=O)(=O)c1ccccc1. The third-order valence-corrected chi connectivity index (χ3v) is 4.35. The number of hydrogen-bond donors (Lipinski definition) is 0. The molecule has 1 aromatic rings. The summed E-state index contributed by atoms with van der Waals surface area (Å²) in [6.07, 6.45) is 0.114. The van der Waals surface area contributed by atoms with Crippen LogP contribution in [-0.4, -0.2) is 27.2 Å². The Bertz CT molecular complexity index is 465. The summed E-state index contributed by atoms with van der Waals surface area (Å²) in [6.45, 7) is 1.72. The molecule has 0 bridgehead atoms. The van der Waals surface area contributed by atoms with Gasteiger partial charge in [0.2, 0.25) is 0 Å². The highest BCUT2D eigenvalue weighted by Crippen LogP contribution is 2.15.